The maximum absolute atomic E-state index is 12.4. The molecule has 0 aliphatic carbocycles. The molecule has 9 heteroatoms. The Balaban J connectivity index is 0.00000353. The summed E-state index contributed by atoms with van der Waals surface area (Å²) in [5.41, 5.74) is 5.07. The number of carbonyl (C=O) groups is 2. The molecule has 0 radical (unpaired) electrons. The average Bonchev–Trinajstić information content (AvgIpc) is 3.67. The van der Waals surface area contributed by atoms with Gasteiger partial charge in [-0.05, 0) is 47.5 Å². The second-order valence-electron chi connectivity index (χ2n) is 8.79. The van der Waals surface area contributed by atoms with Gasteiger partial charge in [-0.3, -0.25) is 19.6 Å². The third-order valence-electron chi connectivity index (χ3n) is 5.95. The van der Waals surface area contributed by atoms with Crippen molar-refractivity contribution in [3.05, 3.63) is 107 Å². The first-order valence-electron chi connectivity index (χ1n) is 12.5. The Labute approximate surface area is 233 Å². The topological polar surface area (TPSA) is 107 Å². The predicted molar refractivity (Wildman–Crippen MR) is 161 cm³/mol. The minimum atomic E-state index is -0.219. The van der Waals surface area contributed by atoms with Crippen molar-refractivity contribution >= 4 is 59.4 Å². The lowest BCUT2D eigenvalue weighted by atomic mass is 10.1. The van der Waals surface area contributed by atoms with E-state index in [1.54, 1.807) is 12.2 Å². The normalized spacial score (nSPS) is 14.3. The number of amides is 2. The molecule has 4 N–H and O–H groups in total. The first-order chi connectivity index (χ1) is 18.6. The molecule has 0 fully saturated rings. The van der Waals surface area contributed by atoms with Crippen LogP contribution in [0.25, 0.3) is 12.2 Å². The Morgan fingerprint density at radius 1 is 0.667 bits per heavy atom. The lowest BCUT2D eigenvalue weighted by molar-refractivity contribution is -0.112. The van der Waals surface area contributed by atoms with Crippen LogP contribution in [0.1, 0.15) is 22.3 Å². The van der Waals surface area contributed by atoms with Crippen molar-refractivity contribution in [1.29, 1.82) is 0 Å². The van der Waals surface area contributed by atoms with E-state index < -0.39 is 0 Å². The Hall–Kier alpha value is -4.69. The van der Waals surface area contributed by atoms with Crippen LogP contribution in [-0.4, -0.2) is 49.7 Å². The monoisotopic (exact) mass is 540 g/mol. The molecule has 0 spiro atoms. The molecule has 3 aromatic carbocycles. The van der Waals surface area contributed by atoms with E-state index in [1.165, 1.54) is 12.2 Å². The summed E-state index contributed by atoms with van der Waals surface area (Å²) >= 11 is 0. The van der Waals surface area contributed by atoms with Gasteiger partial charge in [0, 0.05) is 47.7 Å². The number of hydrogen-bond donors (Lipinski definition) is 4. The summed E-state index contributed by atoms with van der Waals surface area (Å²) < 4.78 is 0. The molecule has 39 heavy (non-hydrogen) atoms. The fourth-order valence-electron chi connectivity index (χ4n) is 4.10. The van der Waals surface area contributed by atoms with E-state index in [-0.39, 0.29) is 24.2 Å². The molecule has 2 heterocycles. The van der Waals surface area contributed by atoms with Crippen molar-refractivity contribution in [2.45, 2.75) is 0 Å². The van der Waals surface area contributed by atoms with Crippen molar-refractivity contribution in [2.75, 3.05) is 36.8 Å². The van der Waals surface area contributed by atoms with Crippen molar-refractivity contribution in [1.82, 2.24) is 10.6 Å². The van der Waals surface area contributed by atoms with Crippen molar-refractivity contribution in [2.24, 2.45) is 9.98 Å². The molecule has 2 aliphatic heterocycles. The van der Waals surface area contributed by atoms with E-state index in [0.717, 1.165) is 60.1 Å². The van der Waals surface area contributed by atoms with Crippen LogP contribution in [0, 0.1) is 0 Å². The summed E-state index contributed by atoms with van der Waals surface area (Å²) in [6.07, 6.45) is 6.49. The molecule has 8 nitrogen and oxygen atoms in total. The molecule has 0 aromatic heterocycles. The first-order valence-corrected chi connectivity index (χ1v) is 12.5. The van der Waals surface area contributed by atoms with Crippen molar-refractivity contribution < 1.29 is 9.59 Å². The molecule has 3 aromatic rings. The summed E-state index contributed by atoms with van der Waals surface area (Å²) in [4.78, 5) is 33.6. The third kappa shape index (κ3) is 7.66. The van der Waals surface area contributed by atoms with Crippen LogP contribution in [0.3, 0.4) is 0 Å². The van der Waals surface area contributed by atoms with Gasteiger partial charge in [0.05, 0.1) is 13.1 Å². The van der Waals surface area contributed by atoms with Crippen molar-refractivity contribution in [3.8, 4) is 0 Å². The second kappa shape index (κ2) is 13.2. The largest absolute Gasteiger partial charge is 0.368 e. The molecular weight excluding hydrogens is 512 g/mol. The molecule has 0 atom stereocenters. The second-order valence-corrected chi connectivity index (χ2v) is 8.79. The van der Waals surface area contributed by atoms with E-state index in [0.29, 0.717) is 11.4 Å². The number of hydrogen-bond acceptors (Lipinski definition) is 6. The summed E-state index contributed by atoms with van der Waals surface area (Å²) in [7, 11) is 0. The van der Waals surface area contributed by atoms with Crippen LogP contribution >= 0.6 is 12.4 Å². The molecule has 2 amide bonds. The fraction of sp³-hybridized carbons (Fsp3) is 0.133. The highest BCUT2D eigenvalue weighted by Gasteiger charge is 2.10. The van der Waals surface area contributed by atoms with Gasteiger partial charge in [0.15, 0.2) is 0 Å². The van der Waals surface area contributed by atoms with Gasteiger partial charge < -0.3 is 21.3 Å². The summed E-state index contributed by atoms with van der Waals surface area (Å²) in [6, 6.07) is 22.8. The van der Waals surface area contributed by atoms with Crippen LogP contribution in [0.4, 0.5) is 11.4 Å². The smallest absolute Gasteiger partial charge is 0.248 e. The van der Waals surface area contributed by atoms with Crippen LogP contribution in [0.5, 0.6) is 0 Å². The van der Waals surface area contributed by atoms with E-state index in [4.69, 9.17) is 0 Å². The lowest BCUT2D eigenvalue weighted by Crippen LogP contribution is -2.19. The average molecular weight is 541 g/mol. The number of anilines is 2. The Morgan fingerprint density at radius 2 is 1.10 bits per heavy atom. The van der Waals surface area contributed by atoms with Crippen LogP contribution in [0.15, 0.2) is 94.9 Å². The van der Waals surface area contributed by atoms with Crippen LogP contribution in [0.2, 0.25) is 0 Å². The minimum absolute atomic E-state index is 0. The van der Waals surface area contributed by atoms with Gasteiger partial charge in [-0.1, -0.05) is 48.5 Å². The number of amidine groups is 2. The van der Waals surface area contributed by atoms with Crippen LogP contribution in [-0.2, 0) is 9.59 Å². The number of halogens is 1. The first kappa shape index (κ1) is 27.3. The predicted octanol–water partition coefficient (Wildman–Crippen LogP) is 4.11. The molecule has 0 unspecified atom stereocenters. The number of rotatable bonds is 8. The molecule has 198 valence electrons. The van der Waals surface area contributed by atoms with Crippen LogP contribution < -0.4 is 21.3 Å². The standard InChI is InChI=1S/C30H28N6O2.ClH/c37-27(35-25-5-1-3-23(19-25)29-31-15-16-32-29)13-11-21-7-9-22(10-8-21)12-14-28(38)36-26-6-2-4-24(20-26)30-33-17-18-34-30;/h1-14,19-20H,15-18H2,(H,31,32)(H,33,34)(H,35,37)(H,36,38);1H/b13-11-,14-12+;. The van der Waals surface area contributed by atoms with Gasteiger partial charge in [-0.2, -0.15) is 0 Å². The van der Waals surface area contributed by atoms with Gasteiger partial charge >= 0.3 is 0 Å². The Kier molecular flexibility index (Phi) is 9.26. The zero-order chi connectivity index (χ0) is 26.2. The molecule has 0 saturated carbocycles. The molecular formula is C30H29ClN6O2. The molecule has 2 aliphatic rings. The number of nitrogens with one attached hydrogen (secondary N) is 4. The molecule has 5 rings (SSSR count). The highest BCUT2D eigenvalue weighted by molar-refractivity contribution is 6.05. The fourth-order valence-corrected chi connectivity index (χ4v) is 4.10. The minimum Gasteiger partial charge on any atom is -0.368 e. The maximum atomic E-state index is 12.4. The number of benzene rings is 3. The molecule has 0 saturated heterocycles. The highest BCUT2D eigenvalue weighted by Crippen LogP contribution is 2.14. The van der Waals surface area contributed by atoms with Gasteiger partial charge in [0.1, 0.15) is 11.7 Å². The van der Waals surface area contributed by atoms with E-state index in [2.05, 4.69) is 31.3 Å². The zero-order valence-corrected chi connectivity index (χ0v) is 22.0. The highest BCUT2D eigenvalue weighted by atomic mass is 35.5. The Morgan fingerprint density at radius 3 is 1.49 bits per heavy atom. The van der Waals surface area contributed by atoms with Gasteiger partial charge in [-0.25, -0.2) is 0 Å². The summed E-state index contributed by atoms with van der Waals surface area (Å²) in [5.74, 6) is 1.27. The SMILES string of the molecule is Cl.O=C(/C=C\c1ccc(/C=C/C(=O)Nc2cccc(C3=NCCN3)c2)cc1)Nc1cccc(C2=NCCN2)c1. The van der Waals surface area contributed by atoms with Gasteiger partial charge in [-0.15, -0.1) is 12.4 Å². The maximum Gasteiger partial charge on any atom is 0.248 e. The summed E-state index contributed by atoms with van der Waals surface area (Å²) in [5, 5.41) is 12.2. The number of carbonyl (C=O) groups excluding carboxylic acids is 2. The quantitative estimate of drug-likeness (QED) is 0.322. The lowest BCUT2D eigenvalue weighted by Gasteiger charge is -2.06. The van der Waals surface area contributed by atoms with Crippen molar-refractivity contribution in [3.63, 3.8) is 0 Å². The van der Waals surface area contributed by atoms with Gasteiger partial charge in [0.25, 0.3) is 0 Å². The van der Waals surface area contributed by atoms with E-state index in [1.807, 2.05) is 72.8 Å². The van der Waals surface area contributed by atoms with Gasteiger partial charge in [0.2, 0.25) is 11.8 Å². The summed E-state index contributed by atoms with van der Waals surface area (Å²) in [6.45, 7) is 3.19. The van der Waals surface area contributed by atoms with E-state index in [9.17, 15) is 9.59 Å². The molecule has 0 bridgehead atoms. The Bertz CT molecular complexity index is 1350. The zero-order valence-electron chi connectivity index (χ0n) is 21.2. The number of aliphatic imine (C=N–C) groups is 2. The number of nitrogens with zero attached hydrogens (tertiary/aromatic N) is 2. The third-order valence-corrected chi connectivity index (χ3v) is 5.95. The van der Waals surface area contributed by atoms with E-state index >= 15 is 0 Å².